The molecular weight excluding hydrogens is 539 g/mol. The summed E-state index contributed by atoms with van der Waals surface area (Å²) in [5.74, 6) is 0.150. The van der Waals surface area contributed by atoms with E-state index in [1.807, 2.05) is 32.0 Å². The number of alkyl halides is 3. The summed E-state index contributed by atoms with van der Waals surface area (Å²) in [7, 11) is 0. The number of primary amides is 1. The van der Waals surface area contributed by atoms with E-state index in [1.54, 1.807) is 0 Å². The molecule has 0 saturated heterocycles. The van der Waals surface area contributed by atoms with Gasteiger partial charge < -0.3 is 35.7 Å². The number of fused-ring (bicyclic) bond motifs is 1. The molecule has 0 radical (unpaired) electrons. The van der Waals surface area contributed by atoms with Crippen LogP contribution >= 0.6 is 0 Å². The van der Waals surface area contributed by atoms with Crippen molar-refractivity contribution in [1.29, 1.82) is 0 Å². The number of benzene rings is 2. The maximum absolute atomic E-state index is 13.1. The second-order valence-corrected chi connectivity index (χ2v) is 10.8. The van der Waals surface area contributed by atoms with E-state index < -0.39 is 29.7 Å². The molecule has 0 spiro atoms. The first-order valence-electron chi connectivity index (χ1n) is 14.1. The highest BCUT2D eigenvalue weighted by molar-refractivity contribution is 5.88. The van der Waals surface area contributed by atoms with Gasteiger partial charge in [0.25, 0.3) is 0 Å². The molecule has 2 amide bonds. The van der Waals surface area contributed by atoms with Crippen LogP contribution in [-0.2, 0) is 28.7 Å². The molecule has 5 N–H and O–H groups in total. The predicted molar refractivity (Wildman–Crippen MR) is 151 cm³/mol. The van der Waals surface area contributed by atoms with Crippen molar-refractivity contribution < 1.29 is 37.3 Å². The van der Waals surface area contributed by atoms with Gasteiger partial charge >= 0.3 is 12.2 Å². The number of carbonyl (C=O) groups is 1. The molecule has 0 saturated carbocycles. The molecular formula is C30H42F3N3O5. The summed E-state index contributed by atoms with van der Waals surface area (Å²) in [6.45, 7) is 6.68. The fourth-order valence-electron chi connectivity index (χ4n) is 4.58. The summed E-state index contributed by atoms with van der Waals surface area (Å²) in [6, 6.07) is 8.28. The Labute approximate surface area is 239 Å². The lowest BCUT2D eigenvalue weighted by molar-refractivity contribution is -0.180. The maximum Gasteiger partial charge on any atom is 0.416 e. The van der Waals surface area contributed by atoms with Gasteiger partial charge in [-0.2, -0.15) is 13.2 Å². The number of hydrogen-bond donors (Lipinski definition) is 4. The Hall–Kier alpha value is -2.86. The highest BCUT2D eigenvalue weighted by atomic mass is 19.4. The summed E-state index contributed by atoms with van der Waals surface area (Å²) in [6.07, 6.45) is 0.742. The average Bonchev–Trinajstić information content (AvgIpc) is 2.89. The van der Waals surface area contributed by atoms with E-state index in [9.17, 15) is 23.1 Å². The Kier molecular flexibility index (Phi) is 12.3. The SMILES string of the molecule is CC1(C)OCc2cc([C@@H](O)CNCCCCCCOCCCCc3cc(NC(N)=O)cc(C(F)(F)F)c3)ccc2O1. The smallest absolute Gasteiger partial charge is 0.416 e. The van der Waals surface area contributed by atoms with Crippen LogP contribution in [0.5, 0.6) is 5.75 Å². The van der Waals surface area contributed by atoms with Crippen molar-refractivity contribution in [3.8, 4) is 5.75 Å². The quantitative estimate of drug-likeness (QED) is 0.179. The number of urea groups is 1. The summed E-state index contributed by atoms with van der Waals surface area (Å²) in [5, 5.41) is 16.0. The predicted octanol–water partition coefficient (Wildman–Crippen LogP) is 6.06. The minimum atomic E-state index is -4.50. The van der Waals surface area contributed by atoms with Crippen molar-refractivity contribution in [2.75, 3.05) is 31.6 Å². The topological polar surface area (TPSA) is 115 Å². The molecule has 11 heteroatoms. The number of amides is 2. The number of aliphatic hydroxyl groups is 1. The van der Waals surface area contributed by atoms with Crippen molar-refractivity contribution >= 4 is 11.7 Å². The van der Waals surface area contributed by atoms with Gasteiger partial charge in [0.15, 0.2) is 0 Å². The van der Waals surface area contributed by atoms with Gasteiger partial charge in [0, 0.05) is 44.9 Å². The average molecular weight is 582 g/mol. The second-order valence-electron chi connectivity index (χ2n) is 10.8. The molecule has 2 aromatic carbocycles. The first kappa shape index (κ1) is 32.7. The number of aryl methyl sites for hydroxylation is 1. The van der Waals surface area contributed by atoms with Crippen LogP contribution in [0.2, 0.25) is 0 Å². The van der Waals surface area contributed by atoms with E-state index in [2.05, 4.69) is 10.6 Å². The molecule has 0 aromatic heterocycles. The van der Waals surface area contributed by atoms with Crippen LogP contribution in [-0.4, -0.2) is 43.2 Å². The van der Waals surface area contributed by atoms with Crippen molar-refractivity contribution in [3.05, 3.63) is 58.7 Å². The Morgan fingerprint density at radius 1 is 1.07 bits per heavy atom. The number of halogens is 3. The summed E-state index contributed by atoms with van der Waals surface area (Å²) < 4.78 is 56.6. The molecule has 3 rings (SSSR count). The Morgan fingerprint density at radius 3 is 2.54 bits per heavy atom. The zero-order valence-electron chi connectivity index (χ0n) is 23.8. The van der Waals surface area contributed by atoms with Crippen LogP contribution in [0.15, 0.2) is 36.4 Å². The van der Waals surface area contributed by atoms with Crippen molar-refractivity contribution in [2.24, 2.45) is 5.73 Å². The molecule has 1 aliphatic rings. The van der Waals surface area contributed by atoms with E-state index in [0.29, 0.717) is 44.8 Å². The lowest BCUT2D eigenvalue weighted by Gasteiger charge is -2.33. The second kappa shape index (κ2) is 15.4. The van der Waals surface area contributed by atoms with Gasteiger partial charge in [0.2, 0.25) is 5.79 Å². The molecule has 8 nitrogen and oxygen atoms in total. The van der Waals surface area contributed by atoms with Crippen LogP contribution < -0.4 is 21.1 Å². The molecule has 1 heterocycles. The maximum atomic E-state index is 13.1. The summed E-state index contributed by atoms with van der Waals surface area (Å²) in [5.41, 5.74) is 6.52. The molecule has 1 atom stereocenters. The fraction of sp³-hybridized carbons (Fsp3) is 0.567. The molecule has 0 aliphatic carbocycles. The lowest BCUT2D eigenvalue weighted by Crippen LogP contribution is -2.35. The minimum absolute atomic E-state index is 0.0368. The standard InChI is InChI=1S/C30H42F3N3O5/c1-29(2)40-20-23-17-22(10-11-27(23)41-29)26(37)19-35-12-6-3-4-7-13-39-14-8-5-9-21-15-24(30(31,32)33)18-25(16-21)36-28(34)38/h10-11,15-18,26,35,37H,3-9,12-14,19-20H2,1-2H3,(H3,34,36,38)/t26-/m0/s1. The third-order valence-electron chi connectivity index (χ3n) is 6.72. The molecule has 0 fully saturated rings. The first-order valence-corrected chi connectivity index (χ1v) is 14.1. The number of rotatable bonds is 16. The molecule has 228 valence electrons. The lowest BCUT2D eigenvalue weighted by atomic mass is 10.0. The molecule has 0 bridgehead atoms. The fourth-order valence-corrected chi connectivity index (χ4v) is 4.58. The molecule has 1 aliphatic heterocycles. The highest BCUT2D eigenvalue weighted by Crippen LogP contribution is 2.33. The van der Waals surface area contributed by atoms with Crippen LogP contribution in [0.4, 0.5) is 23.7 Å². The van der Waals surface area contributed by atoms with Gasteiger partial charge in [-0.25, -0.2) is 4.79 Å². The Morgan fingerprint density at radius 2 is 1.80 bits per heavy atom. The number of aliphatic hydroxyl groups excluding tert-OH is 1. The van der Waals surface area contributed by atoms with E-state index in [0.717, 1.165) is 67.7 Å². The number of hydrogen-bond acceptors (Lipinski definition) is 6. The van der Waals surface area contributed by atoms with Gasteiger partial charge in [-0.15, -0.1) is 0 Å². The Balaban J connectivity index is 1.20. The third kappa shape index (κ3) is 11.5. The van der Waals surface area contributed by atoms with Crippen molar-refractivity contribution in [3.63, 3.8) is 0 Å². The number of nitrogens with two attached hydrogens (primary N) is 1. The number of ether oxygens (including phenoxy) is 3. The molecule has 0 unspecified atom stereocenters. The van der Waals surface area contributed by atoms with E-state index in [1.165, 1.54) is 6.07 Å². The number of unbranched alkanes of at least 4 members (excludes halogenated alkanes) is 4. The van der Waals surface area contributed by atoms with E-state index >= 15 is 0 Å². The van der Waals surface area contributed by atoms with Gasteiger partial charge in [0.1, 0.15) is 5.75 Å². The van der Waals surface area contributed by atoms with Crippen molar-refractivity contribution in [1.82, 2.24) is 5.32 Å². The Bertz CT molecular complexity index is 1130. The number of nitrogens with one attached hydrogen (secondary N) is 2. The van der Waals surface area contributed by atoms with Crippen LogP contribution in [0.25, 0.3) is 0 Å². The number of anilines is 1. The van der Waals surface area contributed by atoms with Crippen LogP contribution in [0.1, 0.15) is 80.7 Å². The van der Waals surface area contributed by atoms with Gasteiger partial charge in [-0.1, -0.05) is 18.9 Å². The van der Waals surface area contributed by atoms with Gasteiger partial charge in [0.05, 0.1) is 18.3 Å². The van der Waals surface area contributed by atoms with Crippen molar-refractivity contribution in [2.45, 2.75) is 83.5 Å². The molecule has 2 aromatic rings. The van der Waals surface area contributed by atoms with Crippen LogP contribution in [0, 0.1) is 0 Å². The highest BCUT2D eigenvalue weighted by Gasteiger charge is 2.31. The van der Waals surface area contributed by atoms with Gasteiger partial charge in [-0.3, -0.25) is 0 Å². The van der Waals surface area contributed by atoms with E-state index in [-0.39, 0.29) is 5.69 Å². The van der Waals surface area contributed by atoms with Crippen LogP contribution in [0.3, 0.4) is 0 Å². The molecule has 41 heavy (non-hydrogen) atoms. The largest absolute Gasteiger partial charge is 0.463 e. The first-order chi connectivity index (χ1) is 19.4. The minimum Gasteiger partial charge on any atom is -0.463 e. The summed E-state index contributed by atoms with van der Waals surface area (Å²) >= 11 is 0. The zero-order chi connectivity index (χ0) is 29.9. The van der Waals surface area contributed by atoms with Gasteiger partial charge in [-0.05, 0) is 80.1 Å². The summed E-state index contributed by atoms with van der Waals surface area (Å²) in [4.78, 5) is 11.0. The normalized spacial score (nSPS) is 15.2. The number of carbonyl (C=O) groups excluding carboxylic acids is 1. The zero-order valence-corrected chi connectivity index (χ0v) is 23.8. The van der Waals surface area contributed by atoms with E-state index in [4.69, 9.17) is 19.9 Å². The monoisotopic (exact) mass is 581 g/mol. The third-order valence-corrected chi connectivity index (χ3v) is 6.72.